The molecule has 136 valence electrons. The fraction of sp³-hybridized carbons (Fsp3) is 0.263. The Hall–Kier alpha value is -2.80. The molecule has 0 bridgehead atoms. The number of anilines is 1. The summed E-state index contributed by atoms with van der Waals surface area (Å²) >= 11 is 1.51. The van der Waals surface area contributed by atoms with Gasteiger partial charge in [0.2, 0.25) is 0 Å². The van der Waals surface area contributed by atoms with Gasteiger partial charge in [0.1, 0.15) is 12.3 Å². The van der Waals surface area contributed by atoms with E-state index in [0.717, 1.165) is 20.7 Å². The summed E-state index contributed by atoms with van der Waals surface area (Å²) in [6.45, 7) is 4.20. The SMILES string of the molecule is CCOC(=O)c1cc2sc(C)c(N(C)C(=O)OCc3ccccc3)c2[nH]1. The molecule has 7 heteroatoms. The number of ether oxygens (including phenoxy) is 2. The summed E-state index contributed by atoms with van der Waals surface area (Å²) in [5.74, 6) is -0.409. The summed E-state index contributed by atoms with van der Waals surface area (Å²) in [4.78, 5) is 29.9. The Morgan fingerprint density at radius 1 is 1.19 bits per heavy atom. The Balaban J connectivity index is 1.80. The molecule has 1 amide bonds. The highest BCUT2D eigenvalue weighted by atomic mass is 32.1. The second kappa shape index (κ2) is 7.61. The number of nitrogens with zero attached hydrogens (tertiary/aromatic N) is 1. The number of H-pyrrole nitrogens is 1. The van der Waals surface area contributed by atoms with Gasteiger partial charge in [-0.3, -0.25) is 4.90 Å². The van der Waals surface area contributed by atoms with Crippen LogP contribution in [0.1, 0.15) is 27.9 Å². The lowest BCUT2D eigenvalue weighted by Gasteiger charge is -2.17. The highest BCUT2D eigenvalue weighted by molar-refractivity contribution is 7.19. The fourth-order valence-electron chi connectivity index (χ4n) is 2.71. The molecule has 0 aliphatic rings. The number of hydrogen-bond donors (Lipinski definition) is 1. The summed E-state index contributed by atoms with van der Waals surface area (Å²) in [5.41, 5.74) is 2.74. The minimum absolute atomic E-state index is 0.204. The second-order valence-corrected chi connectivity index (χ2v) is 7.01. The van der Waals surface area contributed by atoms with Crippen LogP contribution in [0.2, 0.25) is 0 Å². The molecule has 1 N–H and O–H groups in total. The van der Waals surface area contributed by atoms with E-state index in [4.69, 9.17) is 9.47 Å². The molecule has 0 saturated carbocycles. The first-order chi connectivity index (χ1) is 12.5. The Labute approximate surface area is 155 Å². The third-order valence-electron chi connectivity index (χ3n) is 3.92. The van der Waals surface area contributed by atoms with E-state index in [0.29, 0.717) is 18.0 Å². The topological polar surface area (TPSA) is 71.6 Å². The Morgan fingerprint density at radius 3 is 2.62 bits per heavy atom. The van der Waals surface area contributed by atoms with E-state index < -0.39 is 12.1 Å². The molecule has 0 saturated heterocycles. The summed E-state index contributed by atoms with van der Waals surface area (Å²) in [6, 6.07) is 11.3. The van der Waals surface area contributed by atoms with Crippen molar-refractivity contribution in [3.8, 4) is 0 Å². The van der Waals surface area contributed by atoms with Crippen LogP contribution in [0.5, 0.6) is 0 Å². The number of aromatic nitrogens is 1. The molecule has 1 aromatic carbocycles. The van der Waals surface area contributed by atoms with Crippen molar-refractivity contribution < 1.29 is 19.1 Å². The van der Waals surface area contributed by atoms with Gasteiger partial charge < -0.3 is 14.5 Å². The number of fused-ring (bicyclic) bond motifs is 1. The number of amides is 1. The molecule has 0 spiro atoms. The van der Waals surface area contributed by atoms with Crippen LogP contribution in [0.4, 0.5) is 10.5 Å². The highest BCUT2D eigenvalue weighted by Gasteiger charge is 2.23. The van der Waals surface area contributed by atoms with Gasteiger partial charge in [0, 0.05) is 11.9 Å². The predicted molar refractivity (Wildman–Crippen MR) is 102 cm³/mol. The number of aromatic amines is 1. The van der Waals surface area contributed by atoms with E-state index in [1.165, 1.54) is 16.2 Å². The van der Waals surface area contributed by atoms with Crippen molar-refractivity contribution in [2.24, 2.45) is 0 Å². The van der Waals surface area contributed by atoms with E-state index in [9.17, 15) is 9.59 Å². The molecule has 3 aromatic rings. The van der Waals surface area contributed by atoms with Crippen molar-refractivity contribution in [2.45, 2.75) is 20.5 Å². The minimum atomic E-state index is -0.455. The van der Waals surface area contributed by atoms with Gasteiger partial charge in [-0.25, -0.2) is 9.59 Å². The summed E-state index contributed by atoms with van der Waals surface area (Å²) in [7, 11) is 1.66. The molecule has 0 aliphatic heterocycles. The van der Waals surface area contributed by atoms with E-state index in [-0.39, 0.29) is 6.61 Å². The van der Waals surface area contributed by atoms with Crippen LogP contribution in [-0.2, 0) is 16.1 Å². The average molecular weight is 372 g/mol. The van der Waals surface area contributed by atoms with Crippen LogP contribution in [0, 0.1) is 6.92 Å². The maximum Gasteiger partial charge on any atom is 0.414 e. The summed E-state index contributed by atoms with van der Waals surface area (Å²) in [6.07, 6.45) is -0.455. The average Bonchev–Trinajstić information content (AvgIpc) is 3.17. The Morgan fingerprint density at radius 2 is 1.92 bits per heavy atom. The number of hydrogen-bond acceptors (Lipinski definition) is 5. The molecule has 0 atom stereocenters. The van der Waals surface area contributed by atoms with Crippen LogP contribution in [-0.4, -0.2) is 30.7 Å². The van der Waals surface area contributed by atoms with Gasteiger partial charge in [0.25, 0.3) is 0 Å². The maximum atomic E-state index is 12.5. The smallest absolute Gasteiger partial charge is 0.414 e. The van der Waals surface area contributed by atoms with Gasteiger partial charge in [-0.05, 0) is 25.5 Å². The second-order valence-electron chi connectivity index (χ2n) is 5.75. The summed E-state index contributed by atoms with van der Waals surface area (Å²) in [5, 5.41) is 0. The van der Waals surface area contributed by atoms with Crippen LogP contribution in [0.3, 0.4) is 0 Å². The third kappa shape index (κ3) is 3.57. The number of carbonyl (C=O) groups is 2. The van der Waals surface area contributed by atoms with Gasteiger partial charge in [0.15, 0.2) is 0 Å². The van der Waals surface area contributed by atoms with Crippen molar-refractivity contribution in [1.82, 2.24) is 4.98 Å². The summed E-state index contributed by atoms with van der Waals surface area (Å²) < 4.78 is 11.3. The van der Waals surface area contributed by atoms with Crippen molar-refractivity contribution in [3.63, 3.8) is 0 Å². The lowest BCUT2D eigenvalue weighted by atomic mass is 10.2. The molecular weight excluding hydrogens is 352 g/mol. The van der Waals surface area contributed by atoms with Gasteiger partial charge >= 0.3 is 12.1 Å². The van der Waals surface area contributed by atoms with E-state index >= 15 is 0 Å². The molecule has 26 heavy (non-hydrogen) atoms. The van der Waals surface area contributed by atoms with E-state index in [2.05, 4.69) is 4.98 Å². The zero-order valence-corrected chi connectivity index (χ0v) is 15.7. The van der Waals surface area contributed by atoms with E-state index in [1.807, 2.05) is 37.3 Å². The van der Waals surface area contributed by atoms with Crippen LogP contribution in [0.15, 0.2) is 36.4 Å². The lowest BCUT2D eigenvalue weighted by molar-refractivity contribution is 0.0520. The molecule has 6 nitrogen and oxygen atoms in total. The van der Waals surface area contributed by atoms with Gasteiger partial charge in [-0.15, -0.1) is 11.3 Å². The number of nitrogens with one attached hydrogen (secondary N) is 1. The van der Waals surface area contributed by atoms with Crippen LogP contribution >= 0.6 is 11.3 Å². The standard InChI is InChI=1S/C19H20N2O4S/c1-4-24-18(22)14-10-15-16(20-14)17(12(2)26-15)21(3)19(23)25-11-13-8-6-5-7-9-13/h5-10,20H,4,11H2,1-3H3. The first-order valence-electron chi connectivity index (χ1n) is 8.25. The lowest BCUT2D eigenvalue weighted by Crippen LogP contribution is -2.27. The van der Waals surface area contributed by atoms with Crippen molar-refractivity contribution in [3.05, 3.63) is 52.5 Å². The van der Waals surface area contributed by atoms with Crippen molar-refractivity contribution >= 4 is 39.3 Å². The third-order valence-corrected chi connectivity index (χ3v) is 4.97. The maximum absolute atomic E-state index is 12.5. The molecule has 0 unspecified atom stereocenters. The largest absolute Gasteiger partial charge is 0.461 e. The van der Waals surface area contributed by atoms with Gasteiger partial charge in [-0.2, -0.15) is 0 Å². The minimum Gasteiger partial charge on any atom is -0.461 e. The number of aryl methyl sites for hydroxylation is 1. The molecule has 3 rings (SSSR count). The normalized spacial score (nSPS) is 10.7. The molecule has 0 radical (unpaired) electrons. The zero-order valence-electron chi connectivity index (χ0n) is 14.9. The van der Waals surface area contributed by atoms with Gasteiger partial charge in [-0.1, -0.05) is 30.3 Å². The molecule has 0 aliphatic carbocycles. The first-order valence-corrected chi connectivity index (χ1v) is 9.06. The van der Waals surface area contributed by atoms with Crippen LogP contribution < -0.4 is 4.90 Å². The zero-order chi connectivity index (χ0) is 18.7. The number of carbonyl (C=O) groups excluding carboxylic acids is 2. The molecule has 2 heterocycles. The van der Waals surface area contributed by atoms with E-state index in [1.54, 1.807) is 20.0 Å². The van der Waals surface area contributed by atoms with Crippen molar-refractivity contribution in [2.75, 3.05) is 18.6 Å². The number of thiophene rings is 1. The number of esters is 1. The van der Waals surface area contributed by atoms with Crippen molar-refractivity contribution in [1.29, 1.82) is 0 Å². The first kappa shape index (κ1) is 18.0. The van der Waals surface area contributed by atoms with Gasteiger partial charge in [0.05, 0.1) is 22.5 Å². The predicted octanol–water partition coefficient (Wildman–Crippen LogP) is 4.49. The van der Waals surface area contributed by atoms with Crippen LogP contribution in [0.25, 0.3) is 10.2 Å². The number of benzene rings is 1. The molecule has 2 aromatic heterocycles. The Bertz CT molecular complexity index is 930. The highest BCUT2D eigenvalue weighted by Crippen LogP contribution is 2.37. The monoisotopic (exact) mass is 372 g/mol. The fourth-order valence-corrected chi connectivity index (χ4v) is 3.80. The number of rotatable bonds is 5. The Kier molecular flexibility index (Phi) is 5.27. The molecular formula is C19H20N2O4S. The quantitative estimate of drug-likeness (QED) is 0.670. The molecule has 0 fully saturated rings.